The summed E-state index contributed by atoms with van der Waals surface area (Å²) in [6, 6.07) is 10.1. The van der Waals surface area contributed by atoms with Crippen LogP contribution in [-0.2, 0) is 20.7 Å². The van der Waals surface area contributed by atoms with Gasteiger partial charge in [-0.2, -0.15) is 4.39 Å². The molecule has 0 fully saturated rings. The molecule has 8 nitrogen and oxygen atoms in total. The number of nitro benzene ring substituents is 1. The quantitative estimate of drug-likeness (QED) is 0.431. The summed E-state index contributed by atoms with van der Waals surface area (Å²) >= 11 is 0. The SMILES string of the molecule is COc1ccc(CCC(=O)OCC(=O)Nc2ccc(F)c([N+](=O)[O-])c2)cc1. The summed E-state index contributed by atoms with van der Waals surface area (Å²) < 4.78 is 23.1. The number of nitro groups is 1. The van der Waals surface area contributed by atoms with Gasteiger partial charge < -0.3 is 14.8 Å². The minimum Gasteiger partial charge on any atom is -0.497 e. The predicted octanol–water partition coefficient (Wildman–Crippen LogP) is 2.86. The number of ether oxygens (including phenoxy) is 2. The van der Waals surface area contributed by atoms with Crippen LogP contribution in [0.2, 0.25) is 0 Å². The summed E-state index contributed by atoms with van der Waals surface area (Å²) in [6.45, 7) is -0.549. The Balaban J connectivity index is 1.78. The van der Waals surface area contributed by atoms with E-state index in [0.717, 1.165) is 17.7 Å². The number of benzene rings is 2. The van der Waals surface area contributed by atoms with Crippen molar-refractivity contribution >= 4 is 23.3 Å². The summed E-state index contributed by atoms with van der Waals surface area (Å²) in [6.07, 6.45) is 0.524. The number of esters is 1. The average Bonchev–Trinajstić information content (AvgIpc) is 2.66. The highest BCUT2D eigenvalue weighted by Crippen LogP contribution is 2.21. The van der Waals surface area contributed by atoms with Gasteiger partial charge in [0, 0.05) is 18.2 Å². The van der Waals surface area contributed by atoms with E-state index in [2.05, 4.69) is 5.32 Å². The average molecular weight is 376 g/mol. The van der Waals surface area contributed by atoms with Crippen molar-refractivity contribution in [2.45, 2.75) is 12.8 Å². The number of nitrogens with zero attached hydrogens (tertiary/aromatic N) is 1. The number of aryl methyl sites for hydroxylation is 1. The fourth-order valence-corrected chi connectivity index (χ4v) is 2.18. The molecule has 0 saturated heterocycles. The molecular formula is C18H17FN2O6. The molecule has 0 atom stereocenters. The second kappa shape index (κ2) is 9.27. The van der Waals surface area contributed by atoms with Gasteiger partial charge in [0.05, 0.1) is 12.0 Å². The van der Waals surface area contributed by atoms with Gasteiger partial charge in [-0.15, -0.1) is 0 Å². The normalized spacial score (nSPS) is 10.1. The molecule has 0 unspecified atom stereocenters. The highest BCUT2D eigenvalue weighted by molar-refractivity contribution is 5.93. The molecule has 1 amide bonds. The molecule has 0 aliphatic rings. The number of carbonyl (C=O) groups excluding carboxylic acids is 2. The van der Waals surface area contributed by atoms with Gasteiger partial charge in [0.25, 0.3) is 5.91 Å². The Morgan fingerprint density at radius 2 is 1.89 bits per heavy atom. The minimum atomic E-state index is -1.01. The van der Waals surface area contributed by atoms with Crippen LogP contribution in [0.1, 0.15) is 12.0 Å². The van der Waals surface area contributed by atoms with Crippen LogP contribution in [0.4, 0.5) is 15.8 Å². The monoisotopic (exact) mass is 376 g/mol. The number of methoxy groups -OCH3 is 1. The van der Waals surface area contributed by atoms with E-state index in [0.29, 0.717) is 12.2 Å². The smallest absolute Gasteiger partial charge is 0.306 e. The number of carbonyl (C=O) groups is 2. The van der Waals surface area contributed by atoms with Gasteiger partial charge in [-0.25, -0.2) is 0 Å². The lowest BCUT2D eigenvalue weighted by atomic mass is 10.1. The summed E-state index contributed by atoms with van der Waals surface area (Å²) in [7, 11) is 1.56. The number of nitrogens with one attached hydrogen (secondary N) is 1. The summed E-state index contributed by atoms with van der Waals surface area (Å²) in [5.74, 6) is -1.55. The molecule has 2 aromatic carbocycles. The fraction of sp³-hybridized carbons (Fsp3) is 0.222. The Labute approximate surface area is 154 Å². The van der Waals surface area contributed by atoms with Crippen LogP contribution in [0.15, 0.2) is 42.5 Å². The number of hydrogen-bond acceptors (Lipinski definition) is 6. The van der Waals surface area contributed by atoms with Crippen LogP contribution in [0, 0.1) is 15.9 Å². The maximum absolute atomic E-state index is 13.2. The van der Waals surface area contributed by atoms with E-state index < -0.39 is 34.9 Å². The van der Waals surface area contributed by atoms with Gasteiger partial charge >= 0.3 is 11.7 Å². The standard InChI is InChI=1S/C18H17FN2O6/c1-26-14-6-2-12(3-7-14)4-9-18(23)27-11-17(22)20-13-5-8-15(19)16(10-13)21(24)25/h2-3,5-8,10H,4,9,11H2,1H3,(H,20,22). The van der Waals surface area contributed by atoms with Crippen LogP contribution in [0.25, 0.3) is 0 Å². The lowest BCUT2D eigenvalue weighted by Gasteiger charge is -2.07. The van der Waals surface area contributed by atoms with E-state index in [-0.39, 0.29) is 12.1 Å². The molecular weight excluding hydrogens is 359 g/mol. The number of rotatable bonds is 8. The highest BCUT2D eigenvalue weighted by atomic mass is 19.1. The lowest BCUT2D eigenvalue weighted by molar-refractivity contribution is -0.387. The Morgan fingerprint density at radius 3 is 2.52 bits per heavy atom. The van der Waals surface area contributed by atoms with Gasteiger partial charge in [-0.3, -0.25) is 19.7 Å². The van der Waals surface area contributed by atoms with Crippen molar-refractivity contribution in [3.05, 3.63) is 64.0 Å². The number of halogens is 1. The first kappa shape index (κ1) is 19.8. The van der Waals surface area contributed by atoms with E-state index in [9.17, 15) is 24.1 Å². The van der Waals surface area contributed by atoms with Crippen LogP contribution in [0.5, 0.6) is 5.75 Å². The third-order valence-corrected chi connectivity index (χ3v) is 3.57. The molecule has 0 saturated carbocycles. The van der Waals surface area contributed by atoms with Gasteiger partial charge in [0.1, 0.15) is 5.75 Å². The first-order valence-electron chi connectivity index (χ1n) is 7.91. The predicted molar refractivity (Wildman–Crippen MR) is 94.0 cm³/mol. The largest absolute Gasteiger partial charge is 0.497 e. The molecule has 0 aliphatic heterocycles. The van der Waals surface area contributed by atoms with Crippen molar-refractivity contribution in [3.8, 4) is 5.75 Å². The van der Waals surface area contributed by atoms with E-state index in [1.54, 1.807) is 19.2 Å². The van der Waals surface area contributed by atoms with E-state index in [1.165, 1.54) is 6.07 Å². The van der Waals surface area contributed by atoms with Crippen molar-refractivity contribution in [2.24, 2.45) is 0 Å². The summed E-state index contributed by atoms with van der Waals surface area (Å²) in [4.78, 5) is 33.3. The van der Waals surface area contributed by atoms with E-state index in [1.807, 2.05) is 12.1 Å². The molecule has 0 spiro atoms. The Morgan fingerprint density at radius 1 is 1.19 bits per heavy atom. The highest BCUT2D eigenvalue weighted by Gasteiger charge is 2.16. The van der Waals surface area contributed by atoms with Crippen molar-refractivity contribution in [2.75, 3.05) is 19.0 Å². The molecule has 9 heteroatoms. The van der Waals surface area contributed by atoms with Gasteiger partial charge in [-0.1, -0.05) is 12.1 Å². The lowest BCUT2D eigenvalue weighted by Crippen LogP contribution is -2.21. The first-order chi connectivity index (χ1) is 12.9. The number of amides is 1. The molecule has 0 heterocycles. The molecule has 142 valence electrons. The zero-order valence-corrected chi connectivity index (χ0v) is 14.4. The van der Waals surface area contributed by atoms with E-state index >= 15 is 0 Å². The van der Waals surface area contributed by atoms with Gasteiger partial charge in [-0.05, 0) is 36.2 Å². The maximum atomic E-state index is 13.2. The summed E-state index contributed by atoms with van der Waals surface area (Å²) in [5.41, 5.74) is 0.183. The van der Waals surface area contributed by atoms with Crippen LogP contribution in [-0.4, -0.2) is 30.5 Å². The maximum Gasteiger partial charge on any atom is 0.306 e. The molecule has 2 aromatic rings. The first-order valence-corrected chi connectivity index (χ1v) is 7.91. The summed E-state index contributed by atoms with van der Waals surface area (Å²) in [5, 5.41) is 13.0. The molecule has 0 aromatic heterocycles. The van der Waals surface area contributed by atoms with E-state index in [4.69, 9.17) is 9.47 Å². The molecule has 27 heavy (non-hydrogen) atoms. The second-order valence-electron chi connectivity index (χ2n) is 5.48. The molecule has 2 rings (SSSR count). The van der Waals surface area contributed by atoms with Crippen LogP contribution in [0.3, 0.4) is 0 Å². The van der Waals surface area contributed by atoms with Crippen LogP contribution >= 0.6 is 0 Å². The Bertz CT molecular complexity index is 838. The van der Waals surface area contributed by atoms with Crippen molar-refractivity contribution in [3.63, 3.8) is 0 Å². The third-order valence-electron chi connectivity index (χ3n) is 3.57. The number of hydrogen-bond donors (Lipinski definition) is 1. The molecule has 0 bridgehead atoms. The van der Waals surface area contributed by atoms with Crippen molar-refractivity contribution in [1.29, 1.82) is 0 Å². The van der Waals surface area contributed by atoms with Gasteiger partial charge in [0.2, 0.25) is 5.82 Å². The molecule has 0 radical (unpaired) electrons. The Hall–Kier alpha value is -3.49. The molecule has 1 N–H and O–H groups in total. The van der Waals surface area contributed by atoms with Crippen molar-refractivity contribution < 1.29 is 28.4 Å². The zero-order chi connectivity index (χ0) is 19.8. The number of anilines is 1. The Kier molecular flexibility index (Phi) is 6.81. The topological polar surface area (TPSA) is 108 Å². The third kappa shape index (κ3) is 6.07. The zero-order valence-electron chi connectivity index (χ0n) is 14.4. The minimum absolute atomic E-state index is 0.0300. The second-order valence-corrected chi connectivity index (χ2v) is 5.48. The van der Waals surface area contributed by atoms with Gasteiger partial charge in [0.15, 0.2) is 6.61 Å². The fourth-order valence-electron chi connectivity index (χ4n) is 2.18. The van der Waals surface area contributed by atoms with Crippen molar-refractivity contribution in [1.82, 2.24) is 0 Å². The van der Waals surface area contributed by atoms with Crippen LogP contribution < -0.4 is 10.1 Å². The molecule has 0 aliphatic carbocycles.